The molecule has 1 aromatic heterocycles. The third-order valence-corrected chi connectivity index (χ3v) is 4.46. The predicted octanol–water partition coefficient (Wildman–Crippen LogP) is 2.95. The van der Waals surface area contributed by atoms with Gasteiger partial charge in [0.25, 0.3) is 0 Å². The van der Waals surface area contributed by atoms with Gasteiger partial charge in [-0.1, -0.05) is 12.1 Å². The Labute approximate surface area is 168 Å². The summed E-state index contributed by atoms with van der Waals surface area (Å²) in [5.74, 6) is -1.21. The Balaban J connectivity index is 2.06. The normalized spacial score (nSPS) is 11.4. The van der Waals surface area contributed by atoms with Gasteiger partial charge in [-0.3, -0.25) is 19.3 Å². The smallest absolute Gasteiger partial charge is 0.433 e. The number of nitrogens with one attached hydrogen (secondary N) is 1. The number of hydrogen-bond acceptors (Lipinski definition) is 3. The molecule has 0 atom stereocenters. The summed E-state index contributed by atoms with van der Waals surface area (Å²) in [4.78, 5) is 23.5. The van der Waals surface area contributed by atoms with E-state index in [0.717, 1.165) is 4.57 Å². The number of rotatable bonds is 6. The lowest BCUT2D eigenvalue weighted by Gasteiger charge is -2.10. The third kappa shape index (κ3) is 4.27. The van der Waals surface area contributed by atoms with Crippen molar-refractivity contribution in [3.05, 3.63) is 82.0 Å². The van der Waals surface area contributed by atoms with Gasteiger partial charge in [-0.05, 0) is 48.4 Å². The van der Waals surface area contributed by atoms with Crippen LogP contribution >= 0.6 is 0 Å². The van der Waals surface area contributed by atoms with Gasteiger partial charge in [0.15, 0.2) is 0 Å². The monoisotopic (exact) mass is 418 g/mol. The lowest BCUT2D eigenvalue weighted by Crippen LogP contribution is -2.25. The number of halogens is 3. The molecule has 0 radical (unpaired) electrons. The zero-order valence-corrected chi connectivity index (χ0v) is 15.5. The molecular formula is C20H17F3N4O3. The van der Waals surface area contributed by atoms with Crippen LogP contribution in [0.1, 0.15) is 23.2 Å². The fourth-order valence-electron chi connectivity index (χ4n) is 2.95. The largest absolute Gasteiger partial charge is 0.481 e. The van der Waals surface area contributed by atoms with Crippen LogP contribution in [-0.4, -0.2) is 26.0 Å². The van der Waals surface area contributed by atoms with E-state index in [1.165, 1.54) is 36.4 Å². The van der Waals surface area contributed by atoms with Crippen LogP contribution in [0, 0.1) is 5.41 Å². The second-order valence-corrected chi connectivity index (χ2v) is 6.52. The van der Waals surface area contributed by atoms with Gasteiger partial charge in [0.1, 0.15) is 11.5 Å². The molecule has 0 aliphatic carbocycles. The molecule has 156 valence electrons. The van der Waals surface area contributed by atoms with Crippen molar-refractivity contribution >= 4 is 11.8 Å². The number of aryl methyl sites for hydroxylation is 1. The number of alkyl halides is 3. The Morgan fingerprint density at radius 3 is 2.10 bits per heavy atom. The number of amidine groups is 1. The number of nitrogen functional groups attached to an aromatic ring is 1. The molecule has 30 heavy (non-hydrogen) atoms. The highest BCUT2D eigenvalue weighted by Gasteiger charge is 2.37. The van der Waals surface area contributed by atoms with E-state index >= 15 is 0 Å². The minimum atomic E-state index is -4.79. The van der Waals surface area contributed by atoms with Crippen molar-refractivity contribution in [3.63, 3.8) is 0 Å². The molecule has 3 rings (SSSR count). The van der Waals surface area contributed by atoms with Crippen LogP contribution in [0.15, 0.2) is 59.5 Å². The second-order valence-electron chi connectivity index (χ2n) is 6.52. The SMILES string of the molecule is N=C(N)c1ccc(-n2c(C(F)(F)F)cn(-c3ccc(CCC(=O)O)cc3)c2=O)cc1. The van der Waals surface area contributed by atoms with Crippen molar-refractivity contribution in [2.45, 2.75) is 19.0 Å². The molecule has 0 aliphatic rings. The first-order valence-electron chi connectivity index (χ1n) is 8.75. The van der Waals surface area contributed by atoms with Crippen LogP contribution in [0.25, 0.3) is 11.4 Å². The number of aliphatic carboxylic acids is 1. The van der Waals surface area contributed by atoms with Gasteiger partial charge in [-0.2, -0.15) is 13.2 Å². The van der Waals surface area contributed by atoms with E-state index < -0.39 is 23.5 Å². The van der Waals surface area contributed by atoms with E-state index in [-0.39, 0.29) is 30.1 Å². The highest BCUT2D eigenvalue weighted by Crippen LogP contribution is 2.31. The molecule has 0 saturated heterocycles. The summed E-state index contributed by atoms with van der Waals surface area (Å²) in [6.45, 7) is 0. The summed E-state index contributed by atoms with van der Waals surface area (Å²) in [5.41, 5.74) is 4.48. The average Bonchev–Trinajstić information content (AvgIpc) is 3.04. The van der Waals surface area contributed by atoms with E-state index in [1.54, 1.807) is 12.1 Å². The third-order valence-electron chi connectivity index (χ3n) is 4.46. The fraction of sp³-hybridized carbons (Fsp3) is 0.150. The molecule has 0 saturated carbocycles. The molecule has 0 spiro atoms. The molecule has 7 nitrogen and oxygen atoms in total. The molecule has 4 N–H and O–H groups in total. The second kappa shape index (κ2) is 7.90. The number of carbonyl (C=O) groups is 1. The lowest BCUT2D eigenvalue weighted by atomic mass is 10.1. The van der Waals surface area contributed by atoms with Crippen molar-refractivity contribution in [3.8, 4) is 11.4 Å². The summed E-state index contributed by atoms with van der Waals surface area (Å²) < 4.78 is 42.2. The van der Waals surface area contributed by atoms with Gasteiger partial charge in [0.2, 0.25) is 0 Å². The van der Waals surface area contributed by atoms with Crippen LogP contribution in [0.5, 0.6) is 0 Å². The zero-order valence-electron chi connectivity index (χ0n) is 15.5. The standard InChI is InChI=1S/C20H17F3N4O3/c21-20(22,23)16-11-26(14-6-1-12(2-7-14)3-10-17(28)29)19(30)27(16)15-8-4-13(5-9-15)18(24)25/h1-2,4-9,11H,3,10H2,(H3,24,25)(H,28,29). The van der Waals surface area contributed by atoms with Crippen LogP contribution in [-0.2, 0) is 17.4 Å². The van der Waals surface area contributed by atoms with Gasteiger partial charge in [-0.15, -0.1) is 0 Å². The molecule has 0 fully saturated rings. The number of nitrogens with two attached hydrogens (primary N) is 1. The van der Waals surface area contributed by atoms with Crippen molar-refractivity contribution in [2.24, 2.45) is 5.73 Å². The maximum atomic E-state index is 13.6. The Bertz CT molecular complexity index is 1140. The molecule has 3 aromatic rings. The molecule has 0 bridgehead atoms. The minimum Gasteiger partial charge on any atom is -0.481 e. The number of benzene rings is 2. The van der Waals surface area contributed by atoms with E-state index in [2.05, 4.69) is 0 Å². The van der Waals surface area contributed by atoms with Gasteiger partial charge < -0.3 is 10.8 Å². The predicted molar refractivity (Wildman–Crippen MR) is 103 cm³/mol. The maximum Gasteiger partial charge on any atom is 0.433 e. The zero-order chi connectivity index (χ0) is 22.1. The fourth-order valence-corrected chi connectivity index (χ4v) is 2.95. The summed E-state index contributed by atoms with van der Waals surface area (Å²) in [7, 11) is 0. The van der Waals surface area contributed by atoms with Gasteiger partial charge in [-0.25, -0.2) is 4.79 Å². The highest BCUT2D eigenvalue weighted by molar-refractivity contribution is 5.95. The van der Waals surface area contributed by atoms with Crippen molar-refractivity contribution in [1.29, 1.82) is 5.41 Å². The first-order chi connectivity index (χ1) is 14.1. The first-order valence-corrected chi connectivity index (χ1v) is 8.75. The number of hydrogen-bond donors (Lipinski definition) is 3. The highest BCUT2D eigenvalue weighted by atomic mass is 19.4. The van der Waals surface area contributed by atoms with Crippen molar-refractivity contribution in [1.82, 2.24) is 9.13 Å². The molecule has 1 heterocycles. The molecule has 0 unspecified atom stereocenters. The van der Waals surface area contributed by atoms with Gasteiger partial charge >= 0.3 is 17.8 Å². The molecule has 0 amide bonds. The Morgan fingerprint density at radius 1 is 1.03 bits per heavy atom. The molecule has 0 aliphatic heterocycles. The number of imidazole rings is 1. The Morgan fingerprint density at radius 2 is 1.60 bits per heavy atom. The number of aromatic nitrogens is 2. The first kappa shape index (κ1) is 20.9. The summed E-state index contributed by atoms with van der Waals surface area (Å²) in [6, 6.07) is 11.3. The summed E-state index contributed by atoms with van der Waals surface area (Å²) >= 11 is 0. The van der Waals surface area contributed by atoms with Crippen LogP contribution in [0.2, 0.25) is 0 Å². The number of carboxylic acid groups (broad SMARTS) is 1. The Kier molecular flexibility index (Phi) is 5.50. The minimum absolute atomic E-state index is 0.0193. The quantitative estimate of drug-likeness (QED) is 0.422. The topological polar surface area (TPSA) is 114 Å². The van der Waals surface area contributed by atoms with E-state index in [9.17, 15) is 22.8 Å². The van der Waals surface area contributed by atoms with Crippen molar-refractivity contribution < 1.29 is 23.1 Å². The molecular weight excluding hydrogens is 401 g/mol. The Hall–Kier alpha value is -3.82. The average molecular weight is 418 g/mol. The number of carboxylic acids is 1. The maximum absolute atomic E-state index is 13.6. The van der Waals surface area contributed by atoms with Crippen LogP contribution in [0.3, 0.4) is 0 Å². The van der Waals surface area contributed by atoms with Crippen LogP contribution in [0.4, 0.5) is 13.2 Å². The van der Waals surface area contributed by atoms with E-state index in [0.29, 0.717) is 21.9 Å². The molecule has 2 aromatic carbocycles. The van der Waals surface area contributed by atoms with Gasteiger partial charge in [0.05, 0.1) is 11.4 Å². The molecule has 10 heteroatoms. The van der Waals surface area contributed by atoms with E-state index in [4.69, 9.17) is 16.2 Å². The van der Waals surface area contributed by atoms with Crippen LogP contribution < -0.4 is 11.4 Å². The van der Waals surface area contributed by atoms with E-state index in [1.807, 2.05) is 0 Å². The summed E-state index contributed by atoms with van der Waals surface area (Å²) in [5, 5.41) is 16.1. The lowest BCUT2D eigenvalue weighted by molar-refractivity contribution is -0.142. The van der Waals surface area contributed by atoms with Crippen molar-refractivity contribution in [2.75, 3.05) is 0 Å². The number of nitrogens with zero attached hydrogens (tertiary/aromatic N) is 2. The van der Waals surface area contributed by atoms with Gasteiger partial charge in [0, 0.05) is 18.2 Å². The summed E-state index contributed by atoms with van der Waals surface area (Å²) in [6.07, 6.45) is -3.88.